The number of hydrogen-bond acceptors (Lipinski definition) is 4. The summed E-state index contributed by atoms with van der Waals surface area (Å²) in [5, 5.41) is 11.8. The Bertz CT molecular complexity index is 877. The van der Waals surface area contributed by atoms with Crippen molar-refractivity contribution >= 4 is 18.7 Å². The highest BCUT2D eigenvalue weighted by atomic mass is 28.4. The zero-order chi connectivity index (χ0) is 24.1. The maximum absolute atomic E-state index is 9.39. The highest BCUT2D eigenvalue weighted by molar-refractivity contribution is 6.99. The number of hydrogen-bond donors (Lipinski definition) is 1. The van der Waals surface area contributed by atoms with Crippen LogP contribution < -0.4 is 10.4 Å². The van der Waals surface area contributed by atoms with Crippen molar-refractivity contribution in [1.82, 2.24) is 0 Å². The molecule has 0 unspecified atom stereocenters. The molecule has 34 heavy (non-hydrogen) atoms. The van der Waals surface area contributed by atoms with Crippen LogP contribution in [0.25, 0.3) is 0 Å². The number of rotatable bonds is 8. The highest BCUT2D eigenvalue weighted by Gasteiger charge is 2.54. The molecule has 2 fully saturated rings. The standard InChI is InChI=1S/C29H40O4Si/c1-28(2,3)34(24-15-7-4-8-16-24,25-17-9-5-10-18-25)33-26(19-11-14-22-30)27-23-31-29(32-27)20-12-6-13-21-29/h4-5,7-11,14-18,26-27,30H,6,12-13,19-23H2,1-3H3/b14-11+/t26-,27+/m0/s1. The van der Waals surface area contributed by atoms with Crippen molar-refractivity contribution in [3.05, 3.63) is 72.8 Å². The van der Waals surface area contributed by atoms with E-state index >= 15 is 0 Å². The molecule has 4 rings (SSSR count). The van der Waals surface area contributed by atoms with Crippen molar-refractivity contribution in [1.29, 1.82) is 0 Å². The summed E-state index contributed by atoms with van der Waals surface area (Å²) in [4.78, 5) is 0. The first-order chi connectivity index (χ1) is 16.4. The zero-order valence-electron chi connectivity index (χ0n) is 20.9. The monoisotopic (exact) mass is 480 g/mol. The second-order valence-electron chi connectivity index (χ2n) is 10.6. The van der Waals surface area contributed by atoms with Crippen LogP contribution in [0.2, 0.25) is 5.04 Å². The van der Waals surface area contributed by atoms with E-state index < -0.39 is 14.1 Å². The summed E-state index contributed by atoms with van der Waals surface area (Å²) in [7, 11) is -2.73. The van der Waals surface area contributed by atoms with Crippen molar-refractivity contribution in [3.63, 3.8) is 0 Å². The quantitative estimate of drug-likeness (QED) is 0.429. The lowest BCUT2D eigenvalue weighted by Gasteiger charge is -2.46. The van der Waals surface area contributed by atoms with Crippen LogP contribution in [-0.4, -0.2) is 44.6 Å². The van der Waals surface area contributed by atoms with Gasteiger partial charge in [0, 0.05) is 12.8 Å². The molecule has 4 nitrogen and oxygen atoms in total. The molecule has 1 N–H and O–H groups in total. The van der Waals surface area contributed by atoms with E-state index in [0.29, 0.717) is 13.0 Å². The van der Waals surface area contributed by atoms with E-state index in [1.807, 2.05) is 6.08 Å². The molecule has 1 heterocycles. The van der Waals surface area contributed by atoms with Crippen LogP contribution in [0.3, 0.4) is 0 Å². The van der Waals surface area contributed by atoms with Gasteiger partial charge in [0.1, 0.15) is 6.10 Å². The van der Waals surface area contributed by atoms with E-state index in [2.05, 4.69) is 81.4 Å². The molecule has 1 aliphatic carbocycles. The second kappa shape index (κ2) is 10.9. The molecule has 0 aromatic heterocycles. The summed E-state index contributed by atoms with van der Waals surface area (Å²) in [6, 6.07) is 21.5. The first kappa shape index (κ1) is 25.3. The Balaban J connectivity index is 1.75. The summed E-state index contributed by atoms with van der Waals surface area (Å²) >= 11 is 0. The van der Waals surface area contributed by atoms with Gasteiger partial charge in [0.15, 0.2) is 5.79 Å². The lowest BCUT2D eigenvalue weighted by atomic mass is 9.94. The van der Waals surface area contributed by atoms with Gasteiger partial charge in [-0.25, -0.2) is 0 Å². The van der Waals surface area contributed by atoms with Crippen LogP contribution in [0, 0.1) is 0 Å². The third-order valence-electron chi connectivity index (χ3n) is 7.29. The van der Waals surface area contributed by atoms with E-state index in [1.165, 1.54) is 16.8 Å². The van der Waals surface area contributed by atoms with Crippen molar-refractivity contribution in [2.24, 2.45) is 0 Å². The number of benzene rings is 2. The molecule has 1 spiro atoms. The Labute approximate surface area is 206 Å². The lowest BCUT2D eigenvalue weighted by molar-refractivity contribution is -0.194. The van der Waals surface area contributed by atoms with Crippen LogP contribution in [-0.2, 0) is 13.9 Å². The molecule has 0 bridgehead atoms. The average molecular weight is 481 g/mol. The maximum atomic E-state index is 9.39. The average Bonchev–Trinajstić information content (AvgIpc) is 3.25. The van der Waals surface area contributed by atoms with Gasteiger partial charge in [0.05, 0.1) is 19.3 Å². The molecule has 2 aromatic carbocycles. The fraction of sp³-hybridized carbons (Fsp3) is 0.517. The van der Waals surface area contributed by atoms with E-state index in [-0.39, 0.29) is 23.9 Å². The lowest BCUT2D eigenvalue weighted by Crippen LogP contribution is -2.68. The first-order valence-corrected chi connectivity index (χ1v) is 14.7. The molecule has 2 aromatic rings. The highest BCUT2D eigenvalue weighted by Crippen LogP contribution is 2.42. The normalized spacial score (nSPS) is 21.8. The van der Waals surface area contributed by atoms with Gasteiger partial charge in [-0.1, -0.05) is 100 Å². The fourth-order valence-electron chi connectivity index (χ4n) is 5.61. The first-order valence-electron chi connectivity index (χ1n) is 12.8. The molecule has 1 aliphatic heterocycles. The third kappa shape index (κ3) is 5.24. The topological polar surface area (TPSA) is 47.9 Å². The van der Waals surface area contributed by atoms with Gasteiger partial charge in [-0.05, 0) is 34.7 Å². The molecule has 1 saturated carbocycles. The van der Waals surface area contributed by atoms with Crippen LogP contribution in [0.5, 0.6) is 0 Å². The van der Waals surface area contributed by atoms with Crippen molar-refractivity contribution in [2.45, 2.75) is 82.3 Å². The Kier molecular flexibility index (Phi) is 8.11. The van der Waals surface area contributed by atoms with Gasteiger partial charge >= 0.3 is 0 Å². The summed E-state index contributed by atoms with van der Waals surface area (Å²) in [6.07, 6.45) is 9.66. The van der Waals surface area contributed by atoms with E-state index in [4.69, 9.17) is 13.9 Å². The minimum absolute atomic E-state index is 0.0257. The van der Waals surface area contributed by atoms with E-state index in [1.54, 1.807) is 6.08 Å². The van der Waals surface area contributed by atoms with Gasteiger partial charge in [-0.2, -0.15) is 0 Å². The SMILES string of the molecule is CC(C)(C)[Si](O[C@@H](C/C=C/CO)[C@H]1COC2(CCCCC2)O1)(c1ccccc1)c1ccccc1. The Morgan fingerprint density at radius 1 is 0.971 bits per heavy atom. The molecule has 0 amide bonds. The Morgan fingerprint density at radius 2 is 1.56 bits per heavy atom. The van der Waals surface area contributed by atoms with Crippen molar-refractivity contribution in [3.8, 4) is 0 Å². The van der Waals surface area contributed by atoms with Crippen LogP contribution in [0.1, 0.15) is 59.3 Å². The zero-order valence-corrected chi connectivity index (χ0v) is 21.9. The predicted molar refractivity (Wildman–Crippen MR) is 140 cm³/mol. The molecule has 0 radical (unpaired) electrons. The number of aliphatic hydroxyl groups excluding tert-OH is 1. The Morgan fingerprint density at radius 3 is 2.09 bits per heavy atom. The molecule has 5 heteroatoms. The summed E-state index contributed by atoms with van der Waals surface area (Å²) in [5.74, 6) is -0.448. The smallest absolute Gasteiger partial charge is 0.261 e. The van der Waals surface area contributed by atoms with Gasteiger partial charge < -0.3 is 19.0 Å². The molecule has 1 saturated heterocycles. The van der Waals surface area contributed by atoms with E-state index in [0.717, 1.165) is 25.7 Å². The largest absolute Gasteiger partial charge is 0.401 e. The van der Waals surface area contributed by atoms with Crippen LogP contribution in [0.4, 0.5) is 0 Å². The van der Waals surface area contributed by atoms with Gasteiger partial charge in [0.2, 0.25) is 0 Å². The van der Waals surface area contributed by atoms with Gasteiger partial charge in [0.25, 0.3) is 8.32 Å². The second-order valence-corrected chi connectivity index (χ2v) is 14.9. The van der Waals surface area contributed by atoms with Crippen LogP contribution in [0.15, 0.2) is 72.8 Å². The molecular weight excluding hydrogens is 440 g/mol. The predicted octanol–water partition coefficient (Wildman–Crippen LogP) is 4.95. The van der Waals surface area contributed by atoms with Crippen molar-refractivity contribution < 1.29 is 19.0 Å². The number of aliphatic hydroxyl groups is 1. The fourth-order valence-corrected chi connectivity index (χ4v) is 10.3. The molecule has 184 valence electrons. The minimum atomic E-state index is -2.73. The van der Waals surface area contributed by atoms with Gasteiger partial charge in [-0.15, -0.1) is 0 Å². The molecule has 2 aliphatic rings. The van der Waals surface area contributed by atoms with Gasteiger partial charge in [-0.3, -0.25) is 0 Å². The summed E-state index contributed by atoms with van der Waals surface area (Å²) in [6.45, 7) is 7.48. The molecule has 2 atom stereocenters. The number of ether oxygens (including phenoxy) is 2. The maximum Gasteiger partial charge on any atom is 0.261 e. The van der Waals surface area contributed by atoms with E-state index in [9.17, 15) is 5.11 Å². The third-order valence-corrected chi connectivity index (χ3v) is 12.4. The minimum Gasteiger partial charge on any atom is -0.401 e. The summed E-state index contributed by atoms with van der Waals surface area (Å²) in [5.41, 5.74) is 0. The van der Waals surface area contributed by atoms with Crippen molar-refractivity contribution in [2.75, 3.05) is 13.2 Å². The Hall–Kier alpha value is -1.76. The molecular formula is C29H40O4Si. The van der Waals surface area contributed by atoms with Crippen LogP contribution >= 0.6 is 0 Å². The summed E-state index contributed by atoms with van der Waals surface area (Å²) < 4.78 is 20.5.